The minimum atomic E-state index is -0.0561. The minimum absolute atomic E-state index is 0.0561. The van der Waals surface area contributed by atoms with Gasteiger partial charge in [0.2, 0.25) is 0 Å². The summed E-state index contributed by atoms with van der Waals surface area (Å²) in [6.45, 7) is 4.00. The average Bonchev–Trinajstić information content (AvgIpc) is 2.20. The smallest absolute Gasteiger partial charge is 0.307 e. The first kappa shape index (κ1) is 9.20. The molecule has 0 aliphatic carbocycles. The summed E-state index contributed by atoms with van der Waals surface area (Å²) in [6, 6.07) is 0. The maximum absolute atomic E-state index is 10.2. The number of carbonyl (C=O) groups excluding carboxylic acids is 1. The molecular formula is C6H11IO2. The standard InChI is InChI=1S/C4H5IO2.C2H6/c5-3-1-2-4(6)7-3;1-2/h3H,1-2H2;1-2H3. The lowest BCUT2D eigenvalue weighted by Gasteiger charge is -1.93. The number of cyclic esters (lactones) is 1. The highest BCUT2D eigenvalue weighted by Crippen LogP contribution is 2.18. The Morgan fingerprint density at radius 1 is 1.67 bits per heavy atom. The Bertz CT molecular complexity index is 93.1. The molecule has 1 fully saturated rings. The first-order valence-corrected chi connectivity index (χ1v) is 4.37. The van der Waals surface area contributed by atoms with Crippen molar-refractivity contribution in [1.82, 2.24) is 0 Å². The van der Waals surface area contributed by atoms with Crippen LogP contribution in [0.5, 0.6) is 0 Å². The van der Waals surface area contributed by atoms with Crippen LogP contribution in [0.15, 0.2) is 0 Å². The Morgan fingerprint density at radius 3 is 2.33 bits per heavy atom. The number of ether oxygens (including phenoxy) is 1. The summed E-state index contributed by atoms with van der Waals surface area (Å²) < 4.78 is 4.85. The van der Waals surface area contributed by atoms with E-state index in [1.54, 1.807) is 0 Å². The second kappa shape index (κ2) is 5.02. The predicted molar refractivity (Wildman–Crippen MR) is 44.5 cm³/mol. The molecule has 1 saturated heterocycles. The van der Waals surface area contributed by atoms with E-state index in [0.29, 0.717) is 6.42 Å². The van der Waals surface area contributed by atoms with Gasteiger partial charge >= 0.3 is 5.97 Å². The van der Waals surface area contributed by atoms with E-state index in [1.165, 1.54) is 0 Å². The molecule has 0 bridgehead atoms. The van der Waals surface area contributed by atoms with Crippen molar-refractivity contribution in [1.29, 1.82) is 0 Å². The van der Waals surface area contributed by atoms with Crippen LogP contribution in [-0.2, 0) is 9.53 Å². The third-order valence-corrected chi connectivity index (χ3v) is 1.71. The summed E-state index contributed by atoms with van der Waals surface area (Å²) in [7, 11) is 0. The molecule has 0 radical (unpaired) electrons. The van der Waals surface area contributed by atoms with Gasteiger partial charge in [0, 0.05) is 12.8 Å². The number of hydrogen-bond donors (Lipinski definition) is 0. The molecule has 1 heterocycles. The van der Waals surface area contributed by atoms with Crippen LogP contribution in [-0.4, -0.2) is 10.1 Å². The van der Waals surface area contributed by atoms with E-state index < -0.39 is 0 Å². The second-order valence-corrected chi connectivity index (χ2v) is 2.83. The van der Waals surface area contributed by atoms with Crippen LogP contribution < -0.4 is 0 Å². The van der Waals surface area contributed by atoms with Gasteiger partial charge in [-0.3, -0.25) is 4.79 Å². The number of esters is 1. The summed E-state index contributed by atoms with van der Waals surface area (Å²) in [4.78, 5) is 10.2. The molecular weight excluding hydrogens is 231 g/mol. The summed E-state index contributed by atoms with van der Waals surface area (Å²) in [5.41, 5.74) is 0. The molecule has 1 rings (SSSR count). The number of carbonyl (C=O) groups is 1. The highest BCUT2D eigenvalue weighted by molar-refractivity contribution is 14.1. The Kier molecular flexibility index (Phi) is 5.13. The third-order valence-electron chi connectivity index (χ3n) is 0.835. The molecule has 1 unspecified atom stereocenters. The number of alkyl halides is 1. The van der Waals surface area contributed by atoms with Gasteiger partial charge in [-0.2, -0.15) is 0 Å². The van der Waals surface area contributed by atoms with E-state index in [-0.39, 0.29) is 10.1 Å². The zero-order valence-electron chi connectivity index (χ0n) is 5.69. The van der Waals surface area contributed by atoms with E-state index in [2.05, 4.69) is 22.6 Å². The zero-order valence-corrected chi connectivity index (χ0v) is 7.84. The van der Waals surface area contributed by atoms with Crippen LogP contribution in [0.1, 0.15) is 26.7 Å². The molecule has 0 aromatic carbocycles. The topological polar surface area (TPSA) is 26.3 Å². The van der Waals surface area contributed by atoms with Crippen LogP contribution >= 0.6 is 22.6 Å². The maximum atomic E-state index is 10.2. The van der Waals surface area contributed by atoms with Gasteiger partial charge in [0.1, 0.15) is 0 Å². The number of rotatable bonds is 0. The SMILES string of the molecule is CC.O=C1CCC(I)O1. The lowest BCUT2D eigenvalue weighted by molar-refractivity contribution is -0.138. The van der Waals surface area contributed by atoms with Crippen LogP contribution in [0.3, 0.4) is 0 Å². The molecule has 3 heteroatoms. The Labute approximate surface area is 69.1 Å². The van der Waals surface area contributed by atoms with Gasteiger partial charge in [0.25, 0.3) is 0 Å². The summed E-state index contributed by atoms with van der Waals surface area (Å²) in [6.07, 6.45) is 1.49. The first-order chi connectivity index (χ1) is 4.29. The van der Waals surface area contributed by atoms with Gasteiger partial charge in [-0.25, -0.2) is 0 Å². The highest BCUT2D eigenvalue weighted by Gasteiger charge is 2.19. The van der Waals surface area contributed by atoms with Crippen LogP contribution in [0, 0.1) is 0 Å². The third kappa shape index (κ3) is 3.72. The van der Waals surface area contributed by atoms with Crippen LogP contribution in [0.25, 0.3) is 0 Å². The van der Waals surface area contributed by atoms with Crippen LogP contribution in [0.2, 0.25) is 0 Å². The van der Waals surface area contributed by atoms with Crippen LogP contribution in [0.4, 0.5) is 0 Å². The summed E-state index contributed by atoms with van der Waals surface area (Å²) in [5, 5.41) is 0. The van der Waals surface area contributed by atoms with E-state index in [4.69, 9.17) is 4.74 Å². The van der Waals surface area contributed by atoms with Gasteiger partial charge in [-0.15, -0.1) is 0 Å². The lowest BCUT2D eigenvalue weighted by Crippen LogP contribution is -1.95. The van der Waals surface area contributed by atoms with Crippen molar-refractivity contribution in [3.8, 4) is 0 Å². The van der Waals surface area contributed by atoms with Gasteiger partial charge < -0.3 is 4.74 Å². The molecule has 1 aliphatic heterocycles. The molecule has 9 heavy (non-hydrogen) atoms. The molecule has 0 aromatic rings. The van der Waals surface area contributed by atoms with E-state index >= 15 is 0 Å². The molecule has 0 aromatic heterocycles. The zero-order chi connectivity index (χ0) is 7.28. The first-order valence-electron chi connectivity index (χ1n) is 3.12. The lowest BCUT2D eigenvalue weighted by atomic mass is 10.4. The van der Waals surface area contributed by atoms with Gasteiger partial charge in [-0.1, -0.05) is 13.8 Å². The minimum Gasteiger partial charge on any atom is -0.452 e. The Morgan fingerprint density at radius 2 is 2.22 bits per heavy atom. The van der Waals surface area contributed by atoms with Gasteiger partial charge in [-0.05, 0) is 22.6 Å². The molecule has 1 aliphatic rings. The molecule has 0 amide bonds. The molecule has 54 valence electrons. The van der Waals surface area contributed by atoms with Crippen molar-refractivity contribution < 1.29 is 9.53 Å². The maximum Gasteiger partial charge on any atom is 0.307 e. The van der Waals surface area contributed by atoms with E-state index in [1.807, 2.05) is 13.8 Å². The van der Waals surface area contributed by atoms with Crippen molar-refractivity contribution in [2.24, 2.45) is 0 Å². The molecule has 1 atom stereocenters. The predicted octanol–water partition coefficient (Wildman–Crippen LogP) is 2.11. The van der Waals surface area contributed by atoms with Gasteiger partial charge in [0.15, 0.2) is 4.11 Å². The number of halogens is 1. The van der Waals surface area contributed by atoms with E-state index in [0.717, 1.165) is 6.42 Å². The van der Waals surface area contributed by atoms with E-state index in [9.17, 15) is 4.79 Å². The average molecular weight is 242 g/mol. The molecule has 2 nitrogen and oxygen atoms in total. The largest absolute Gasteiger partial charge is 0.452 e. The normalized spacial score (nSPS) is 24.3. The highest BCUT2D eigenvalue weighted by atomic mass is 127. The molecule has 0 N–H and O–H groups in total. The second-order valence-electron chi connectivity index (χ2n) is 1.44. The van der Waals surface area contributed by atoms with Crippen molar-refractivity contribution >= 4 is 28.6 Å². The summed E-state index contributed by atoms with van der Waals surface area (Å²) >= 11 is 2.10. The van der Waals surface area contributed by atoms with Crippen molar-refractivity contribution in [2.75, 3.05) is 0 Å². The Balaban J connectivity index is 0.000000291. The number of hydrogen-bond acceptors (Lipinski definition) is 2. The van der Waals surface area contributed by atoms with Crippen molar-refractivity contribution in [3.63, 3.8) is 0 Å². The molecule has 0 saturated carbocycles. The fourth-order valence-corrected chi connectivity index (χ4v) is 1.09. The summed E-state index contributed by atoms with van der Waals surface area (Å²) in [5.74, 6) is -0.0561. The quantitative estimate of drug-likeness (QED) is 0.369. The Hall–Kier alpha value is 0.200. The monoisotopic (exact) mass is 242 g/mol. The fourth-order valence-electron chi connectivity index (χ4n) is 0.492. The fraction of sp³-hybridized carbons (Fsp3) is 0.833. The van der Waals surface area contributed by atoms with Crippen molar-refractivity contribution in [2.45, 2.75) is 30.8 Å². The van der Waals surface area contributed by atoms with Gasteiger partial charge in [0.05, 0.1) is 0 Å². The molecule has 0 spiro atoms. The van der Waals surface area contributed by atoms with Crippen molar-refractivity contribution in [3.05, 3.63) is 0 Å².